The molecular formula is C22H26N4O. The Morgan fingerprint density at radius 3 is 2.63 bits per heavy atom. The average Bonchev–Trinajstić information content (AvgIpc) is 3.25. The zero-order valence-corrected chi connectivity index (χ0v) is 15.9. The first-order valence-electron chi connectivity index (χ1n) is 9.49. The largest absolute Gasteiger partial charge is 0.391 e. The standard InChI is InChI=1S/C22H26N4O/c1-16-3-4-21(9-17(16)2)26-13-19(11-24-26)12-25-14-20(22(27)15-25)10-18-5-7-23-8-6-18/h3-9,11,13,20,22,27H,10,12,14-15H2,1-2H3/t20-,22+/m1/s1. The fourth-order valence-electron chi connectivity index (χ4n) is 3.80. The second-order valence-electron chi connectivity index (χ2n) is 7.64. The monoisotopic (exact) mass is 362 g/mol. The van der Waals surface area contributed by atoms with Gasteiger partial charge in [-0.05, 0) is 61.2 Å². The number of aliphatic hydroxyl groups is 1. The van der Waals surface area contributed by atoms with E-state index in [1.807, 2.05) is 35.4 Å². The van der Waals surface area contributed by atoms with E-state index in [1.54, 1.807) is 0 Å². The molecule has 1 aromatic carbocycles. The summed E-state index contributed by atoms with van der Waals surface area (Å²) in [6.07, 6.45) is 8.26. The van der Waals surface area contributed by atoms with Gasteiger partial charge in [0.2, 0.25) is 0 Å². The van der Waals surface area contributed by atoms with Crippen molar-refractivity contribution in [2.45, 2.75) is 32.9 Å². The number of rotatable bonds is 5. The Hall–Kier alpha value is -2.50. The van der Waals surface area contributed by atoms with Crippen LogP contribution in [-0.2, 0) is 13.0 Å². The van der Waals surface area contributed by atoms with Crippen LogP contribution in [-0.4, -0.2) is 44.0 Å². The lowest BCUT2D eigenvalue weighted by atomic mass is 9.97. The van der Waals surface area contributed by atoms with E-state index in [0.717, 1.165) is 25.2 Å². The predicted octanol–water partition coefficient (Wildman–Crippen LogP) is 2.92. The summed E-state index contributed by atoms with van der Waals surface area (Å²) in [4.78, 5) is 6.38. The van der Waals surface area contributed by atoms with Gasteiger partial charge in [0, 0.05) is 49.7 Å². The molecule has 0 spiro atoms. The molecule has 1 aliphatic rings. The van der Waals surface area contributed by atoms with Crippen LogP contribution in [0.5, 0.6) is 0 Å². The van der Waals surface area contributed by atoms with Crippen LogP contribution in [0.15, 0.2) is 55.1 Å². The van der Waals surface area contributed by atoms with Crippen molar-refractivity contribution < 1.29 is 5.11 Å². The highest BCUT2D eigenvalue weighted by Gasteiger charge is 2.31. The van der Waals surface area contributed by atoms with E-state index in [0.29, 0.717) is 6.54 Å². The molecule has 0 unspecified atom stereocenters. The van der Waals surface area contributed by atoms with Crippen LogP contribution in [0.25, 0.3) is 5.69 Å². The first-order valence-corrected chi connectivity index (χ1v) is 9.49. The number of hydrogen-bond donors (Lipinski definition) is 1. The Kier molecular flexibility index (Phi) is 5.05. The minimum absolute atomic E-state index is 0.266. The van der Waals surface area contributed by atoms with Crippen LogP contribution in [0, 0.1) is 19.8 Å². The Morgan fingerprint density at radius 1 is 1.04 bits per heavy atom. The topological polar surface area (TPSA) is 54.2 Å². The number of nitrogens with zero attached hydrogens (tertiary/aromatic N) is 4. The van der Waals surface area contributed by atoms with Gasteiger partial charge in [-0.15, -0.1) is 0 Å². The minimum Gasteiger partial charge on any atom is -0.391 e. The number of benzene rings is 1. The molecule has 0 amide bonds. The van der Waals surface area contributed by atoms with Gasteiger partial charge in [-0.25, -0.2) is 4.68 Å². The van der Waals surface area contributed by atoms with Gasteiger partial charge in [0.05, 0.1) is 18.0 Å². The number of β-amino-alcohol motifs (C(OH)–C–C–N with tert-alkyl or cyclic N) is 1. The number of pyridine rings is 1. The Labute approximate surface area is 160 Å². The quantitative estimate of drug-likeness (QED) is 0.758. The maximum atomic E-state index is 10.5. The Morgan fingerprint density at radius 2 is 1.85 bits per heavy atom. The van der Waals surface area contributed by atoms with E-state index in [-0.39, 0.29) is 12.0 Å². The summed E-state index contributed by atoms with van der Waals surface area (Å²) >= 11 is 0. The highest BCUT2D eigenvalue weighted by Crippen LogP contribution is 2.23. The fraction of sp³-hybridized carbons (Fsp3) is 0.364. The minimum atomic E-state index is -0.284. The van der Waals surface area contributed by atoms with E-state index in [2.05, 4.69) is 53.2 Å². The van der Waals surface area contributed by atoms with Gasteiger partial charge in [-0.2, -0.15) is 5.10 Å². The number of hydrogen-bond acceptors (Lipinski definition) is 4. The predicted molar refractivity (Wildman–Crippen MR) is 106 cm³/mol. The molecule has 1 N–H and O–H groups in total. The van der Waals surface area contributed by atoms with Crippen LogP contribution in [0.1, 0.15) is 22.3 Å². The third kappa shape index (κ3) is 4.10. The van der Waals surface area contributed by atoms with Gasteiger partial charge in [0.25, 0.3) is 0 Å². The van der Waals surface area contributed by atoms with Crippen molar-refractivity contribution in [2.75, 3.05) is 13.1 Å². The van der Waals surface area contributed by atoms with Crippen molar-refractivity contribution >= 4 is 0 Å². The highest BCUT2D eigenvalue weighted by molar-refractivity contribution is 5.39. The van der Waals surface area contributed by atoms with E-state index >= 15 is 0 Å². The summed E-state index contributed by atoms with van der Waals surface area (Å²) in [6.45, 7) is 6.67. The van der Waals surface area contributed by atoms with Crippen molar-refractivity contribution in [1.29, 1.82) is 0 Å². The van der Waals surface area contributed by atoms with Crippen molar-refractivity contribution in [3.63, 3.8) is 0 Å². The van der Waals surface area contributed by atoms with E-state index in [1.165, 1.54) is 22.3 Å². The lowest BCUT2D eigenvalue weighted by Gasteiger charge is -2.14. The molecule has 140 valence electrons. The molecule has 0 aliphatic carbocycles. The van der Waals surface area contributed by atoms with Crippen LogP contribution in [0.2, 0.25) is 0 Å². The van der Waals surface area contributed by atoms with Gasteiger partial charge in [-0.1, -0.05) is 6.07 Å². The van der Waals surface area contributed by atoms with Crippen molar-refractivity contribution in [2.24, 2.45) is 5.92 Å². The van der Waals surface area contributed by atoms with Gasteiger partial charge >= 0.3 is 0 Å². The Balaban J connectivity index is 1.40. The van der Waals surface area contributed by atoms with E-state index < -0.39 is 0 Å². The van der Waals surface area contributed by atoms with Gasteiger partial charge in [-0.3, -0.25) is 9.88 Å². The van der Waals surface area contributed by atoms with Crippen molar-refractivity contribution in [1.82, 2.24) is 19.7 Å². The summed E-state index contributed by atoms with van der Waals surface area (Å²) in [5, 5.41) is 15.0. The number of aryl methyl sites for hydroxylation is 2. The molecule has 0 bridgehead atoms. The fourth-order valence-corrected chi connectivity index (χ4v) is 3.80. The zero-order valence-electron chi connectivity index (χ0n) is 15.9. The van der Waals surface area contributed by atoms with E-state index in [9.17, 15) is 5.11 Å². The summed E-state index contributed by atoms with van der Waals surface area (Å²) in [5.74, 6) is 0.266. The molecule has 27 heavy (non-hydrogen) atoms. The molecule has 2 aromatic heterocycles. The third-order valence-electron chi connectivity index (χ3n) is 5.53. The van der Waals surface area contributed by atoms with Gasteiger partial charge in [0.15, 0.2) is 0 Å². The highest BCUT2D eigenvalue weighted by atomic mass is 16.3. The molecule has 0 radical (unpaired) electrons. The first kappa shape index (κ1) is 17.9. The second kappa shape index (κ2) is 7.62. The molecule has 3 aromatic rings. The normalized spacial score (nSPS) is 20.3. The summed E-state index contributed by atoms with van der Waals surface area (Å²) in [6, 6.07) is 10.5. The number of likely N-dealkylation sites (tertiary alicyclic amines) is 1. The SMILES string of the molecule is Cc1ccc(-n2cc(CN3C[C@@H](Cc4ccncc4)[C@@H](O)C3)cn2)cc1C. The zero-order chi connectivity index (χ0) is 18.8. The number of aromatic nitrogens is 3. The molecule has 5 nitrogen and oxygen atoms in total. The van der Waals surface area contributed by atoms with Gasteiger partial charge < -0.3 is 5.11 Å². The third-order valence-corrected chi connectivity index (χ3v) is 5.53. The van der Waals surface area contributed by atoms with Crippen molar-refractivity contribution in [3.8, 4) is 5.69 Å². The Bertz CT molecular complexity index is 906. The smallest absolute Gasteiger partial charge is 0.0710 e. The lowest BCUT2D eigenvalue weighted by molar-refractivity contribution is 0.141. The first-order chi connectivity index (χ1) is 13.1. The molecule has 1 saturated heterocycles. The maximum Gasteiger partial charge on any atom is 0.0710 e. The lowest BCUT2D eigenvalue weighted by Crippen LogP contribution is -2.21. The molecule has 2 atom stereocenters. The molecule has 5 heteroatoms. The molecular weight excluding hydrogens is 336 g/mol. The molecule has 3 heterocycles. The molecule has 1 aliphatic heterocycles. The maximum absolute atomic E-state index is 10.5. The van der Waals surface area contributed by atoms with Crippen molar-refractivity contribution in [3.05, 3.63) is 77.4 Å². The molecule has 4 rings (SSSR count). The summed E-state index contributed by atoms with van der Waals surface area (Å²) in [5.41, 5.74) is 6.05. The number of aliphatic hydroxyl groups excluding tert-OH is 1. The van der Waals surface area contributed by atoms with Crippen LogP contribution >= 0.6 is 0 Å². The van der Waals surface area contributed by atoms with Crippen LogP contribution < -0.4 is 0 Å². The molecule has 0 saturated carbocycles. The second-order valence-corrected chi connectivity index (χ2v) is 7.64. The average molecular weight is 362 g/mol. The summed E-state index contributed by atoms with van der Waals surface area (Å²) in [7, 11) is 0. The van der Waals surface area contributed by atoms with Crippen LogP contribution in [0.3, 0.4) is 0 Å². The molecule has 1 fully saturated rings. The van der Waals surface area contributed by atoms with Gasteiger partial charge in [0.1, 0.15) is 0 Å². The van der Waals surface area contributed by atoms with Crippen LogP contribution in [0.4, 0.5) is 0 Å². The summed E-state index contributed by atoms with van der Waals surface area (Å²) < 4.78 is 1.93. The van der Waals surface area contributed by atoms with E-state index in [4.69, 9.17) is 0 Å².